The molecule has 0 heterocycles. The summed E-state index contributed by atoms with van der Waals surface area (Å²) in [5, 5.41) is 9.59. The van der Waals surface area contributed by atoms with Crippen molar-refractivity contribution in [3.05, 3.63) is 0 Å². The third kappa shape index (κ3) is 5.78. The lowest BCUT2D eigenvalue weighted by Crippen LogP contribution is -2.01. The highest BCUT2D eigenvalue weighted by Crippen LogP contribution is 1.94. The lowest BCUT2D eigenvalue weighted by Gasteiger charge is -1.97. The quantitative estimate of drug-likeness (QED) is 0.516. The Bertz CT molecular complexity index is 49.3. The van der Waals surface area contributed by atoms with Gasteiger partial charge in [0.1, 0.15) is 0 Å². The summed E-state index contributed by atoms with van der Waals surface area (Å²) in [5.41, 5.74) is 0. The highest BCUT2D eigenvalue weighted by Gasteiger charge is 1.98. The van der Waals surface area contributed by atoms with Crippen LogP contribution in [0.3, 0.4) is 0 Å². The predicted octanol–water partition coefficient (Wildman–Crippen LogP) is 1.05. The summed E-state index contributed by atoms with van der Waals surface area (Å²) < 4.78 is 25.8. The number of hydrogen-bond acceptors (Lipinski definition) is 1. The standard InChI is InChI=1S/C4H7F2O2/c5-4(6)8-3-1-2-7/h4H,1-3H2. The Hall–Kier alpha value is -0.220. The van der Waals surface area contributed by atoms with E-state index in [4.69, 9.17) is 0 Å². The fraction of sp³-hybridized carbons (Fsp3) is 1.00. The number of halogens is 2. The zero-order chi connectivity index (χ0) is 6.41. The van der Waals surface area contributed by atoms with Crippen molar-refractivity contribution < 1.29 is 18.6 Å². The van der Waals surface area contributed by atoms with Crippen LogP contribution in [0.25, 0.3) is 0 Å². The van der Waals surface area contributed by atoms with Gasteiger partial charge < -0.3 is 4.74 Å². The average Bonchev–Trinajstić information content (AvgIpc) is 1.66. The molecule has 0 aliphatic heterocycles. The second-order valence-electron chi connectivity index (χ2n) is 1.19. The van der Waals surface area contributed by atoms with Crippen LogP contribution in [0, 0.1) is 0 Å². The molecule has 0 amide bonds. The van der Waals surface area contributed by atoms with E-state index in [1.807, 2.05) is 0 Å². The molecule has 0 bridgehead atoms. The van der Waals surface area contributed by atoms with Crippen LogP contribution in [0.4, 0.5) is 8.78 Å². The first-order chi connectivity index (χ1) is 3.77. The van der Waals surface area contributed by atoms with E-state index in [0.717, 1.165) is 0 Å². The molecule has 0 rings (SSSR count). The third-order valence-electron chi connectivity index (χ3n) is 0.533. The van der Waals surface area contributed by atoms with E-state index in [9.17, 15) is 13.9 Å². The van der Waals surface area contributed by atoms with E-state index in [-0.39, 0.29) is 19.6 Å². The van der Waals surface area contributed by atoms with Gasteiger partial charge in [0.05, 0.1) is 13.2 Å². The molecule has 0 aromatic carbocycles. The Morgan fingerprint density at radius 1 is 1.50 bits per heavy atom. The van der Waals surface area contributed by atoms with Gasteiger partial charge >= 0.3 is 6.61 Å². The van der Waals surface area contributed by atoms with E-state index >= 15 is 0 Å². The molecule has 0 aromatic heterocycles. The van der Waals surface area contributed by atoms with Crippen molar-refractivity contribution in [1.82, 2.24) is 0 Å². The Morgan fingerprint density at radius 2 is 2.12 bits per heavy atom. The Balaban J connectivity index is 2.72. The van der Waals surface area contributed by atoms with Crippen molar-refractivity contribution in [3.8, 4) is 0 Å². The summed E-state index contributed by atoms with van der Waals surface area (Å²) in [6.45, 7) is -3.23. The minimum atomic E-state index is -2.73. The van der Waals surface area contributed by atoms with Crippen LogP contribution in [-0.4, -0.2) is 19.8 Å². The molecule has 0 atom stereocenters. The molecular weight excluding hydrogens is 118 g/mol. The summed E-state index contributed by atoms with van der Waals surface area (Å²) in [4.78, 5) is 0. The van der Waals surface area contributed by atoms with Crippen molar-refractivity contribution in [2.75, 3.05) is 13.2 Å². The summed E-state index contributed by atoms with van der Waals surface area (Å²) in [7, 11) is 0. The normalized spacial score (nSPS) is 10.5. The van der Waals surface area contributed by atoms with Crippen molar-refractivity contribution >= 4 is 0 Å². The highest BCUT2D eigenvalue weighted by atomic mass is 19.3. The van der Waals surface area contributed by atoms with Crippen molar-refractivity contribution in [2.45, 2.75) is 13.0 Å². The van der Waals surface area contributed by atoms with Crippen LogP contribution in [0.1, 0.15) is 6.42 Å². The lowest BCUT2D eigenvalue weighted by molar-refractivity contribution is -0.131. The van der Waals surface area contributed by atoms with Gasteiger partial charge in [-0.3, -0.25) is 0 Å². The number of hydrogen-bond donors (Lipinski definition) is 0. The first-order valence-electron chi connectivity index (χ1n) is 2.25. The third-order valence-corrected chi connectivity index (χ3v) is 0.533. The van der Waals surface area contributed by atoms with Gasteiger partial charge in [-0.15, -0.1) is 0 Å². The molecule has 0 saturated heterocycles. The van der Waals surface area contributed by atoms with Gasteiger partial charge in [-0.1, -0.05) is 0 Å². The van der Waals surface area contributed by atoms with Gasteiger partial charge in [0, 0.05) is 0 Å². The van der Waals surface area contributed by atoms with Gasteiger partial charge in [0.2, 0.25) is 0 Å². The van der Waals surface area contributed by atoms with Crippen molar-refractivity contribution in [3.63, 3.8) is 0 Å². The van der Waals surface area contributed by atoms with Gasteiger partial charge in [-0.2, -0.15) is 8.78 Å². The van der Waals surface area contributed by atoms with Gasteiger partial charge in [0.25, 0.3) is 0 Å². The summed E-state index contributed by atoms with van der Waals surface area (Å²) in [5.74, 6) is 0. The first-order valence-corrected chi connectivity index (χ1v) is 2.25. The molecule has 0 saturated carbocycles. The summed E-state index contributed by atoms with van der Waals surface area (Å²) >= 11 is 0. The van der Waals surface area contributed by atoms with E-state index < -0.39 is 6.61 Å². The zero-order valence-electron chi connectivity index (χ0n) is 4.27. The molecule has 8 heavy (non-hydrogen) atoms. The Labute approximate surface area is 46.1 Å². The molecule has 49 valence electrons. The summed E-state index contributed by atoms with van der Waals surface area (Å²) in [6, 6.07) is 0. The van der Waals surface area contributed by atoms with Crippen LogP contribution < -0.4 is 0 Å². The molecule has 2 nitrogen and oxygen atoms in total. The smallest absolute Gasteiger partial charge is 0.323 e. The SMILES string of the molecule is [O]CCCOC(F)F. The van der Waals surface area contributed by atoms with E-state index in [0.29, 0.717) is 0 Å². The van der Waals surface area contributed by atoms with Gasteiger partial charge in [-0.05, 0) is 6.42 Å². The van der Waals surface area contributed by atoms with E-state index in [1.165, 1.54) is 0 Å². The molecule has 0 spiro atoms. The second-order valence-corrected chi connectivity index (χ2v) is 1.19. The van der Waals surface area contributed by atoms with Crippen molar-refractivity contribution in [2.24, 2.45) is 0 Å². The molecule has 0 unspecified atom stereocenters. The molecule has 1 radical (unpaired) electrons. The van der Waals surface area contributed by atoms with Crippen LogP contribution in [0.2, 0.25) is 0 Å². The number of alkyl halides is 2. The molecule has 0 fully saturated rings. The minimum absolute atomic E-state index is 0.138. The fourth-order valence-electron chi connectivity index (χ4n) is 0.231. The monoisotopic (exact) mass is 125 g/mol. The van der Waals surface area contributed by atoms with Crippen molar-refractivity contribution in [1.29, 1.82) is 0 Å². The predicted molar refractivity (Wildman–Crippen MR) is 22.1 cm³/mol. The fourth-order valence-corrected chi connectivity index (χ4v) is 0.231. The molecule has 0 N–H and O–H groups in total. The molecule has 0 aromatic rings. The molecule has 4 heteroatoms. The lowest BCUT2D eigenvalue weighted by atomic mass is 10.5. The number of ether oxygens (including phenoxy) is 1. The van der Waals surface area contributed by atoms with Crippen LogP contribution in [0.5, 0.6) is 0 Å². The van der Waals surface area contributed by atoms with Crippen LogP contribution in [-0.2, 0) is 9.84 Å². The first kappa shape index (κ1) is 7.78. The average molecular weight is 125 g/mol. The minimum Gasteiger partial charge on any atom is -0.323 e. The second kappa shape index (κ2) is 4.93. The van der Waals surface area contributed by atoms with Gasteiger partial charge in [0.15, 0.2) is 0 Å². The van der Waals surface area contributed by atoms with Crippen LogP contribution in [0.15, 0.2) is 0 Å². The molecular formula is C4H7F2O2. The maximum absolute atomic E-state index is 11.0. The van der Waals surface area contributed by atoms with Crippen LogP contribution >= 0.6 is 0 Å². The maximum atomic E-state index is 11.0. The topological polar surface area (TPSA) is 29.1 Å². The Morgan fingerprint density at radius 3 is 2.50 bits per heavy atom. The molecule has 0 aliphatic carbocycles. The van der Waals surface area contributed by atoms with E-state index in [2.05, 4.69) is 4.74 Å². The molecule has 0 aliphatic rings. The highest BCUT2D eigenvalue weighted by molar-refractivity contribution is 4.27. The zero-order valence-corrected chi connectivity index (χ0v) is 4.27. The number of rotatable bonds is 4. The summed E-state index contributed by atoms with van der Waals surface area (Å²) in [6.07, 6.45) is 0.157. The Kier molecular flexibility index (Phi) is 4.79. The maximum Gasteiger partial charge on any atom is 0.345 e. The largest absolute Gasteiger partial charge is 0.345 e. The van der Waals surface area contributed by atoms with Gasteiger partial charge in [-0.25, -0.2) is 5.11 Å². The van der Waals surface area contributed by atoms with E-state index in [1.54, 1.807) is 0 Å².